The van der Waals surface area contributed by atoms with Crippen LogP contribution in [0.5, 0.6) is 5.75 Å². The molecule has 4 rings (SSSR count). The first-order valence-electron chi connectivity index (χ1n) is 9.99. The van der Waals surface area contributed by atoms with Crippen LogP contribution in [-0.4, -0.2) is 29.8 Å². The second-order valence-corrected chi connectivity index (χ2v) is 7.48. The fourth-order valence-corrected chi connectivity index (χ4v) is 3.63. The average molecular weight is 400 g/mol. The number of amides is 2. The third kappa shape index (κ3) is 4.58. The van der Waals surface area contributed by atoms with Crippen LogP contribution >= 0.6 is 0 Å². The van der Waals surface area contributed by atoms with Crippen LogP contribution in [-0.2, 0) is 22.7 Å². The molecule has 1 aliphatic heterocycles. The third-order valence-corrected chi connectivity index (χ3v) is 5.12. The number of piperazine rings is 1. The molecule has 0 aromatic heterocycles. The smallest absolute Gasteiger partial charge is 0.247 e. The van der Waals surface area contributed by atoms with Crippen LogP contribution in [0.15, 0.2) is 78.9 Å². The largest absolute Gasteiger partial charge is 0.489 e. The van der Waals surface area contributed by atoms with Crippen molar-refractivity contribution >= 4 is 17.5 Å². The summed E-state index contributed by atoms with van der Waals surface area (Å²) in [5.74, 6) is 0.323. The van der Waals surface area contributed by atoms with Crippen LogP contribution < -0.4 is 9.64 Å². The van der Waals surface area contributed by atoms with Crippen molar-refractivity contribution in [3.05, 3.63) is 95.6 Å². The molecule has 3 aromatic rings. The molecule has 5 nitrogen and oxygen atoms in total. The van der Waals surface area contributed by atoms with E-state index in [-0.39, 0.29) is 24.9 Å². The summed E-state index contributed by atoms with van der Waals surface area (Å²) in [6.07, 6.45) is 0. The molecule has 0 saturated carbocycles. The van der Waals surface area contributed by atoms with E-state index in [4.69, 9.17) is 4.74 Å². The predicted octanol–water partition coefficient (Wildman–Crippen LogP) is 3.95. The Morgan fingerprint density at radius 3 is 2.00 bits per heavy atom. The summed E-state index contributed by atoms with van der Waals surface area (Å²) in [5, 5.41) is 0. The Hall–Kier alpha value is -3.44. The second-order valence-electron chi connectivity index (χ2n) is 7.48. The minimum Gasteiger partial charge on any atom is -0.489 e. The highest BCUT2D eigenvalue weighted by Crippen LogP contribution is 2.27. The van der Waals surface area contributed by atoms with E-state index in [1.807, 2.05) is 84.6 Å². The standard InChI is InChI=1S/C25H24N2O3/c1-19-14-22(12-13-23(19)30-18-21-10-6-3-7-11-21)27-24(28)16-26(17-25(27)29)15-20-8-4-2-5-9-20/h2-14H,15-18H2,1H3. The van der Waals surface area contributed by atoms with E-state index in [1.165, 1.54) is 4.90 Å². The van der Waals surface area contributed by atoms with Gasteiger partial charge in [-0.1, -0.05) is 60.7 Å². The Kier molecular flexibility index (Phi) is 5.91. The molecule has 0 unspecified atom stereocenters. The van der Waals surface area contributed by atoms with Crippen molar-refractivity contribution in [1.29, 1.82) is 0 Å². The molecule has 0 radical (unpaired) electrons. The number of imide groups is 1. The molecule has 1 saturated heterocycles. The SMILES string of the molecule is Cc1cc(N2C(=O)CN(Cc3ccccc3)CC2=O)ccc1OCc1ccccc1. The molecule has 5 heteroatoms. The Morgan fingerprint density at radius 2 is 1.40 bits per heavy atom. The fourth-order valence-electron chi connectivity index (χ4n) is 3.63. The van der Waals surface area contributed by atoms with Crippen LogP contribution in [0, 0.1) is 6.92 Å². The topological polar surface area (TPSA) is 49.9 Å². The molecule has 0 atom stereocenters. The van der Waals surface area contributed by atoms with Gasteiger partial charge in [-0.05, 0) is 41.8 Å². The summed E-state index contributed by atoms with van der Waals surface area (Å²) in [6.45, 7) is 3.40. The van der Waals surface area contributed by atoms with Gasteiger partial charge >= 0.3 is 0 Å². The maximum absolute atomic E-state index is 12.7. The Labute approximate surface area is 176 Å². The predicted molar refractivity (Wildman–Crippen MR) is 116 cm³/mol. The Bertz CT molecular complexity index is 1020. The van der Waals surface area contributed by atoms with Crippen LogP contribution in [0.1, 0.15) is 16.7 Å². The van der Waals surface area contributed by atoms with Crippen LogP contribution in [0.25, 0.3) is 0 Å². The van der Waals surface area contributed by atoms with Crippen LogP contribution in [0.4, 0.5) is 5.69 Å². The number of ether oxygens (including phenoxy) is 1. The van der Waals surface area contributed by atoms with Gasteiger partial charge in [0.1, 0.15) is 12.4 Å². The van der Waals surface area contributed by atoms with Gasteiger partial charge in [0.2, 0.25) is 11.8 Å². The first-order chi connectivity index (χ1) is 14.6. The average Bonchev–Trinajstić information content (AvgIpc) is 2.74. The summed E-state index contributed by atoms with van der Waals surface area (Å²) >= 11 is 0. The van der Waals surface area contributed by atoms with Gasteiger partial charge in [0.15, 0.2) is 0 Å². The summed E-state index contributed by atoms with van der Waals surface area (Å²) in [5.41, 5.74) is 3.65. The number of anilines is 1. The van der Waals surface area contributed by atoms with E-state index in [0.29, 0.717) is 18.8 Å². The number of rotatable bonds is 6. The third-order valence-electron chi connectivity index (χ3n) is 5.12. The summed E-state index contributed by atoms with van der Waals surface area (Å²) in [6, 6.07) is 25.2. The minimum atomic E-state index is -0.209. The number of aryl methyl sites for hydroxylation is 1. The van der Waals surface area contributed by atoms with Gasteiger partial charge in [-0.15, -0.1) is 0 Å². The van der Waals surface area contributed by atoms with E-state index >= 15 is 0 Å². The highest BCUT2D eigenvalue weighted by molar-refractivity contribution is 6.17. The van der Waals surface area contributed by atoms with Crippen molar-refractivity contribution in [2.24, 2.45) is 0 Å². The number of hydrogen-bond acceptors (Lipinski definition) is 4. The molecular formula is C25H24N2O3. The first-order valence-corrected chi connectivity index (χ1v) is 9.99. The van der Waals surface area contributed by atoms with Crippen molar-refractivity contribution in [2.45, 2.75) is 20.1 Å². The molecule has 2 amide bonds. The van der Waals surface area contributed by atoms with Gasteiger partial charge in [0.05, 0.1) is 18.8 Å². The second kappa shape index (κ2) is 8.93. The molecule has 0 aliphatic carbocycles. The van der Waals surface area contributed by atoms with Gasteiger partial charge in [-0.3, -0.25) is 14.5 Å². The van der Waals surface area contributed by atoms with Gasteiger partial charge in [0.25, 0.3) is 0 Å². The number of carbonyl (C=O) groups is 2. The highest BCUT2D eigenvalue weighted by Gasteiger charge is 2.32. The number of hydrogen-bond donors (Lipinski definition) is 0. The number of benzene rings is 3. The lowest BCUT2D eigenvalue weighted by Crippen LogP contribution is -2.53. The Balaban J connectivity index is 1.43. The van der Waals surface area contributed by atoms with E-state index in [0.717, 1.165) is 22.4 Å². The zero-order chi connectivity index (χ0) is 20.9. The highest BCUT2D eigenvalue weighted by atomic mass is 16.5. The summed E-state index contributed by atoms with van der Waals surface area (Å²) in [7, 11) is 0. The van der Waals surface area contributed by atoms with Gasteiger partial charge in [0, 0.05) is 6.54 Å². The molecule has 1 aliphatic rings. The van der Waals surface area contributed by atoms with E-state index in [1.54, 1.807) is 6.07 Å². The van der Waals surface area contributed by atoms with Crippen molar-refractivity contribution in [3.8, 4) is 5.75 Å². The lowest BCUT2D eigenvalue weighted by Gasteiger charge is -2.32. The van der Waals surface area contributed by atoms with Crippen LogP contribution in [0.2, 0.25) is 0 Å². The van der Waals surface area contributed by atoms with Crippen molar-refractivity contribution in [1.82, 2.24) is 4.90 Å². The molecule has 0 N–H and O–H groups in total. The molecule has 1 fully saturated rings. The lowest BCUT2D eigenvalue weighted by molar-refractivity contribution is -0.132. The zero-order valence-electron chi connectivity index (χ0n) is 17.0. The normalized spacial score (nSPS) is 14.8. The van der Waals surface area contributed by atoms with Crippen molar-refractivity contribution in [2.75, 3.05) is 18.0 Å². The van der Waals surface area contributed by atoms with E-state index in [9.17, 15) is 9.59 Å². The quantitative estimate of drug-likeness (QED) is 0.588. The molecule has 0 bridgehead atoms. The monoisotopic (exact) mass is 400 g/mol. The molecule has 152 valence electrons. The Morgan fingerprint density at radius 1 is 0.800 bits per heavy atom. The maximum atomic E-state index is 12.7. The van der Waals surface area contributed by atoms with Gasteiger partial charge < -0.3 is 4.74 Å². The lowest BCUT2D eigenvalue weighted by atomic mass is 10.1. The number of carbonyl (C=O) groups excluding carboxylic acids is 2. The summed E-state index contributed by atoms with van der Waals surface area (Å²) in [4.78, 5) is 28.7. The molecule has 0 spiro atoms. The molecular weight excluding hydrogens is 376 g/mol. The van der Waals surface area contributed by atoms with Gasteiger partial charge in [-0.25, -0.2) is 4.90 Å². The van der Waals surface area contributed by atoms with Crippen molar-refractivity contribution < 1.29 is 14.3 Å². The molecule has 30 heavy (non-hydrogen) atoms. The maximum Gasteiger partial charge on any atom is 0.247 e. The van der Waals surface area contributed by atoms with Crippen LogP contribution in [0.3, 0.4) is 0 Å². The van der Waals surface area contributed by atoms with E-state index in [2.05, 4.69) is 0 Å². The fraction of sp³-hybridized carbons (Fsp3) is 0.200. The number of nitrogens with zero attached hydrogens (tertiary/aromatic N) is 2. The van der Waals surface area contributed by atoms with E-state index < -0.39 is 0 Å². The van der Waals surface area contributed by atoms with Gasteiger partial charge in [-0.2, -0.15) is 0 Å². The summed E-state index contributed by atoms with van der Waals surface area (Å²) < 4.78 is 5.91. The first kappa shape index (κ1) is 19.9. The zero-order valence-corrected chi connectivity index (χ0v) is 17.0. The molecule has 3 aromatic carbocycles. The minimum absolute atomic E-state index is 0.209. The molecule has 1 heterocycles. The van der Waals surface area contributed by atoms with Crippen molar-refractivity contribution in [3.63, 3.8) is 0 Å².